The molecule has 1 N–H and O–H groups in total. The van der Waals surface area contributed by atoms with Gasteiger partial charge < -0.3 is 0 Å². The minimum Gasteiger partial charge on any atom is -0.199 e. The van der Waals surface area contributed by atoms with Crippen molar-refractivity contribution >= 4 is 10.2 Å². The lowest BCUT2D eigenvalue weighted by Crippen LogP contribution is -2.45. The van der Waals surface area contributed by atoms with Crippen molar-refractivity contribution in [3.05, 3.63) is 0 Å². The van der Waals surface area contributed by atoms with E-state index in [-0.39, 0.29) is 17.5 Å². The van der Waals surface area contributed by atoms with E-state index in [1.54, 1.807) is 7.05 Å². The van der Waals surface area contributed by atoms with Gasteiger partial charge in [0, 0.05) is 19.1 Å². The van der Waals surface area contributed by atoms with Crippen LogP contribution < -0.4 is 4.72 Å². The zero-order chi connectivity index (χ0) is 12.6. The van der Waals surface area contributed by atoms with Crippen LogP contribution in [0.15, 0.2) is 0 Å². The van der Waals surface area contributed by atoms with Crippen molar-refractivity contribution in [2.45, 2.75) is 59.0 Å². The van der Waals surface area contributed by atoms with Crippen molar-refractivity contribution in [3.63, 3.8) is 0 Å². The summed E-state index contributed by atoms with van der Waals surface area (Å²) in [4.78, 5) is 0. The standard InChI is InChI=1S/C11H24N2O2S/c1-9(2)13(5)16(14,15)12-10-6-7-11(3,4)8-10/h9-10,12H,6-8H2,1-5H3. The Morgan fingerprint density at radius 3 is 2.31 bits per heavy atom. The SMILES string of the molecule is CC(C)N(C)S(=O)(=O)NC1CCC(C)(C)C1. The van der Waals surface area contributed by atoms with E-state index in [1.165, 1.54) is 4.31 Å². The molecule has 1 atom stereocenters. The van der Waals surface area contributed by atoms with Crippen LogP contribution >= 0.6 is 0 Å². The first kappa shape index (κ1) is 13.9. The lowest BCUT2D eigenvalue weighted by Gasteiger charge is -2.24. The monoisotopic (exact) mass is 248 g/mol. The fourth-order valence-electron chi connectivity index (χ4n) is 2.11. The number of nitrogens with zero attached hydrogens (tertiary/aromatic N) is 1. The zero-order valence-corrected chi connectivity index (χ0v) is 11.8. The third kappa shape index (κ3) is 3.43. The average molecular weight is 248 g/mol. The number of hydrogen-bond donors (Lipinski definition) is 1. The molecule has 0 aliphatic heterocycles. The molecular formula is C11H24N2O2S. The highest BCUT2D eigenvalue weighted by molar-refractivity contribution is 7.87. The van der Waals surface area contributed by atoms with Crippen molar-refractivity contribution < 1.29 is 8.42 Å². The molecule has 1 rings (SSSR count). The maximum atomic E-state index is 12.0. The molecule has 0 saturated heterocycles. The molecule has 1 saturated carbocycles. The molecule has 0 radical (unpaired) electrons. The van der Waals surface area contributed by atoms with E-state index in [9.17, 15) is 8.42 Å². The van der Waals surface area contributed by atoms with Crippen molar-refractivity contribution in [1.29, 1.82) is 0 Å². The molecule has 0 aromatic carbocycles. The second-order valence-electron chi connectivity index (χ2n) is 5.84. The van der Waals surface area contributed by atoms with Gasteiger partial charge in [-0.1, -0.05) is 13.8 Å². The van der Waals surface area contributed by atoms with E-state index in [0.717, 1.165) is 19.3 Å². The number of nitrogens with one attached hydrogen (secondary N) is 1. The molecule has 0 heterocycles. The Bertz CT molecular complexity index is 336. The summed E-state index contributed by atoms with van der Waals surface area (Å²) in [6.07, 6.45) is 2.96. The van der Waals surface area contributed by atoms with Gasteiger partial charge in [0.05, 0.1) is 0 Å². The molecule has 0 spiro atoms. The summed E-state index contributed by atoms with van der Waals surface area (Å²) < 4.78 is 28.1. The molecule has 5 heteroatoms. The largest absolute Gasteiger partial charge is 0.279 e. The van der Waals surface area contributed by atoms with Gasteiger partial charge >= 0.3 is 0 Å². The van der Waals surface area contributed by atoms with Crippen molar-refractivity contribution in [2.75, 3.05) is 7.05 Å². The summed E-state index contributed by atoms with van der Waals surface area (Å²) in [5, 5.41) is 0. The Kier molecular flexibility index (Phi) is 4.03. The van der Waals surface area contributed by atoms with E-state index < -0.39 is 10.2 Å². The van der Waals surface area contributed by atoms with Gasteiger partial charge in [0.25, 0.3) is 10.2 Å². The first-order valence-electron chi connectivity index (χ1n) is 5.89. The molecule has 0 bridgehead atoms. The summed E-state index contributed by atoms with van der Waals surface area (Å²) in [5.41, 5.74) is 0.267. The van der Waals surface area contributed by atoms with Crippen LogP contribution in [0.4, 0.5) is 0 Å². The van der Waals surface area contributed by atoms with Crippen LogP contribution in [0.25, 0.3) is 0 Å². The van der Waals surface area contributed by atoms with Crippen molar-refractivity contribution in [2.24, 2.45) is 5.41 Å². The quantitative estimate of drug-likeness (QED) is 0.824. The average Bonchev–Trinajstić information content (AvgIpc) is 2.43. The van der Waals surface area contributed by atoms with Crippen LogP contribution in [0.1, 0.15) is 47.0 Å². The summed E-state index contributed by atoms with van der Waals surface area (Å²) in [5.74, 6) is 0. The predicted octanol–water partition coefficient (Wildman–Crippen LogP) is 1.74. The van der Waals surface area contributed by atoms with Gasteiger partial charge in [-0.25, -0.2) is 0 Å². The molecule has 1 fully saturated rings. The maximum Gasteiger partial charge on any atom is 0.279 e. The molecule has 1 aliphatic rings. The van der Waals surface area contributed by atoms with Gasteiger partial charge in [-0.3, -0.25) is 0 Å². The smallest absolute Gasteiger partial charge is 0.199 e. The first-order chi connectivity index (χ1) is 7.14. The minimum absolute atomic E-state index is 0.00749. The molecule has 96 valence electrons. The van der Waals surface area contributed by atoms with Gasteiger partial charge in [0.2, 0.25) is 0 Å². The highest BCUT2D eigenvalue weighted by Crippen LogP contribution is 2.37. The molecule has 0 amide bonds. The van der Waals surface area contributed by atoms with E-state index in [4.69, 9.17) is 0 Å². The van der Waals surface area contributed by atoms with Gasteiger partial charge in [-0.2, -0.15) is 17.4 Å². The van der Waals surface area contributed by atoms with E-state index in [0.29, 0.717) is 0 Å². The van der Waals surface area contributed by atoms with Crippen LogP contribution in [-0.2, 0) is 10.2 Å². The first-order valence-corrected chi connectivity index (χ1v) is 7.33. The van der Waals surface area contributed by atoms with Crippen LogP contribution in [0, 0.1) is 5.41 Å². The fraction of sp³-hybridized carbons (Fsp3) is 1.00. The van der Waals surface area contributed by atoms with Crippen molar-refractivity contribution in [3.8, 4) is 0 Å². The molecular weight excluding hydrogens is 224 g/mol. The lowest BCUT2D eigenvalue weighted by molar-refractivity contribution is 0.365. The van der Waals surface area contributed by atoms with Crippen LogP contribution in [0.3, 0.4) is 0 Å². The topological polar surface area (TPSA) is 49.4 Å². The van der Waals surface area contributed by atoms with Crippen LogP contribution in [0.5, 0.6) is 0 Å². The zero-order valence-electron chi connectivity index (χ0n) is 10.9. The van der Waals surface area contributed by atoms with Gasteiger partial charge in [-0.15, -0.1) is 0 Å². The fourth-order valence-corrected chi connectivity index (χ4v) is 3.45. The highest BCUT2D eigenvalue weighted by atomic mass is 32.2. The molecule has 16 heavy (non-hydrogen) atoms. The molecule has 1 unspecified atom stereocenters. The molecule has 4 nitrogen and oxygen atoms in total. The Morgan fingerprint density at radius 2 is 1.94 bits per heavy atom. The summed E-state index contributed by atoms with van der Waals surface area (Å²) >= 11 is 0. The van der Waals surface area contributed by atoms with E-state index in [1.807, 2.05) is 13.8 Å². The molecule has 0 aromatic rings. The van der Waals surface area contributed by atoms with Crippen LogP contribution in [0.2, 0.25) is 0 Å². The lowest BCUT2D eigenvalue weighted by atomic mass is 9.92. The second kappa shape index (κ2) is 4.63. The van der Waals surface area contributed by atoms with Gasteiger partial charge in [0.1, 0.15) is 0 Å². The van der Waals surface area contributed by atoms with E-state index >= 15 is 0 Å². The number of hydrogen-bond acceptors (Lipinski definition) is 2. The van der Waals surface area contributed by atoms with Gasteiger partial charge in [0.15, 0.2) is 0 Å². The second-order valence-corrected chi connectivity index (χ2v) is 7.60. The Balaban J connectivity index is 2.61. The Labute approximate surface area is 99.6 Å². The minimum atomic E-state index is -3.31. The van der Waals surface area contributed by atoms with Gasteiger partial charge in [-0.05, 0) is 38.5 Å². The Hall–Kier alpha value is -0.130. The Morgan fingerprint density at radius 1 is 1.38 bits per heavy atom. The number of rotatable bonds is 4. The van der Waals surface area contributed by atoms with E-state index in [2.05, 4.69) is 18.6 Å². The maximum absolute atomic E-state index is 12.0. The third-order valence-corrected chi connectivity index (χ3v) is 5.20. The summed E-state index contributed by atoms with van der Waals surface area (Å²) in [6, 6.07) is 0.0908. The van der Waals surface area contributed by atoms with Crippen molar-refractivity contribution in [1.82, 2.24) is 9.03 Å². The third-order valence-electron chi connectivity index (χ3n) is 3.39. The highest BCUT2D eigenvalue weighted by Gasteiger charge is 2.34. The summed E-state index contributed by atoms with van der Waals surface area (Å²) in [6.45, 7) is 8.12. The predicted molar refractivity (Wildman–Crippen MR) is 66.4 cm³/mol. The summed E-state index contributed by atoms with van der Waals surface area (Å²) in [7, 11) is -1.69. The molecule has 0 aromatic heterocycles. The molecule has 1 aliphatic carbocycles. The van der Waals surface area contributed by atoms with Crippen LogP contribution in [-0.4, -0.2) is 31.9 Å². The normalized spacial score (nSPS) is 25.6.